The van der Waals surface area contributed by atoms with E-state index in [0.29, 0.717) is 17.7 Å². The van der Waals surface area contributed by atoms with E-state index in [1.54, 1.807) is 0 Å². The summed E-state index contributed by atoms with van der Waals surface area (Å²) in [4.78, 5) is 14.9. The predicted molar refractivity (Wildman–Crippen MR) is 65.6 cm³/mol. The van der Waals surface area contributed by atoms with E-state index >= 15 is 0 Å². The molecule has 3 nitrogen and oxygen atoms in total. The van der Waals surface area contributed by atoms with Crippen molar-refractivity contribution in [2.45, 2.75) is 18.4 Å². The molecule has 1 amide bonds. The molecular weight excluding hydrogens is 220 g/mol. The van der Waals surface area contributed by atoms with Crippen LogP contribution in [0.15, 0.2) is 35.3 Å². The van der Waals surface area contributed by atoms with Gasteiger partial charge in [-0.1, -0.05) is 42.1 Å². The van der Waals surface area contributed by atoms with Crippen molar-refractivity contribution in [3.8, 4) is 0 Å². The summed E-state index contributed by atoms with van der Waals surface area (Å²) in [5, 5.41) is 4.12. The van der Waals surface area contributed by atoms with Gasteiger partial charge in [0.2, 0.25) is 0 Å². The van der Waals surface area contributed by atoms with Gasteiger partial charge in [-0.15, -0.1) is 0 Å². The summed E-state index contributed by atoms with van der Waals surface area (Å²) < 4.78 is 0. The Hall–Kier alpha value is -1.29. The average Bonchev–Trinajstić information content (AvgIpc) is 2.95. The molecule has 4 heteroatoms. The van der Waals surface area contributed by atoms with Gasteiger partial charge in [-0.25, -0.2) is 0 Å². The molecule has 0 spiro atoms. The fraction of sp³-hybridized carbons (Fsp3) is 0.333. The third-order valence-corrected chi connectivity index (χ3v) is 3.76. The Morgan fingerprint density at radius 1 is 1.31 bits per heavy atom. The first-order valence-electron chi connectivity index (χ1n) is 5.39. The number of amidine groups is 1. The van der Waals surface area contributed by atoms with Crippen molar-refractivity contribution in [3.63, 3.8) is 0 Å². The van der Waals surface area contributed by atoms with Gasteiger partial charge in [-0.3, -0.25) is 4.79 Å². The lowest BCUT2D eigenvalue weighted by Gasteiger charge is -2.03. The molecule has 1 aliphatic heterocycles. The standard InChI is InChI=1S/C12H12N2OS/c15-11-7-16-12(14-11)13-10-6-9(10)8-4-2-1-3-5-8/h1-5,9-10H,6-7H2,(H,13,14,15)/t9-,10+/m1/s1. The summed E-state index contributed by atoms with van der Waals surface area (Å²) in [5.74, 6) is 1.05. The fourth-order valence-electron chi connectivity index (χ4n) is 1.96. The van der Waals surface area contributed by atoms with Crippen LogP contribution in [0.5, 0.6) is 0 Å². The van der Waals surface area contributed by atoms with Crippen LogP contribution in [-0.2, 0) is 4.79 Å². The van der Waals surface area contributed by atoms with Crippen molar-refractivity contribution in [1.82, 2.24) is 5.32 Å². The Kier molecular flexibility index (Phi) is 2.44. The summed E-state index contributed by atoms with van der Waals surface area (Å²) in [6.45, 7) is 0. The monoisotopic (exact) mass is 232 g/mol. The summed E-state index contributed by atoms with van der Waals surface area (Å²) in [6.07, 6.45) is 1.14. The van der Waals surface area contributed by atoms with Crippen LogP contribution in [0.3, 0.4) is 0 Å². The molecule has 2 atom stereocenters. The highest BCUT2D eigenvalue weighted by molar-refractivity contribution is 8.14. The Morgan fingerprint density at radius 3 is 2.81 bits per heavy atom. The van der Waals surface area contributed by atoms with Gasteiger partial charge < -0.3 is 5.32 Å². The molecule has 0 aromatic heterocycles. The highest BCUT2D eigenvalue weighted by Crippen LogP contribution is 2.41. The molecule has 1 fully saturated rings. The molecule has 1 aromatic carbocycles. The zero-order chi connectivity index (χ0) is 11.0. The fourth-order valence-corrected chi connectivity index (χ4v) is 2.69. The van der Waals surface area contributed by atoms with E-state index in [0.717, 1.165) is 11.6 Å². The van der Waals surface area contributed by atoms with Gasteiger partial charge in [0.1, 0.15) is 0 Å². The highest BCUT2D eigenvalue weighted by atomic mass is 32.2. The number of thioether (sulfide) groups is 1. The Labute approximate surface area is 98.3 Å². The summed E-state index contributed by atoms with van der Waals surface area (Å²) in [7, 11) is 0. The van der Waals surface area contributed by atoms with Crippen molar-refractivity contribution >= 4 is 22.8 Å². The molecule has 1 aliphatic carbocycles. The topological polar surface area (TPSA) is 41.5 Å². The van der Waals surface area contributed by atoms with Gasteiger partial charge in [0.15, 0.2) is 5.17 Å². The normalized spacial score (nSPS) is 27.8. The Bertz CT molecular complexity index is 444. The molecule has 1 aromatic rings. The zero-order valence-corrected chi connectivity index (χ0v) is 9.54. The van der Waals surface area contributed by atoms with Crippen LogP contribution in [0.2, 0.25) is 0 Å². The van der Waals surface area contributed by atoms with Crippen LogP contribution in [0.1, 0.15) is 17.9 Å². The van der Waals surface area contributed by atoms with Crippen molar-refractivity contribution in [2.24, 2.45) is 4.99 Å². The summed E-state index contributed by atoms with van der Waals surface area (Å²) >= 11 is 1.51. The van der Waals surface area contributed by atoms with Crippen LogP contribution < -0.4 is 5.32 Å². The van der Waals surface area contributed by atoms with Crippen molar-refractivity contribution in [1.29, 1.82) is 0 Å². The molecule has 0 radical (unpaired) electrons. The number of carbonyl (C=O) groups is 1. The highest BCUT2D eigenvalue weighted by Gasteiger charge is 2.39. The van der Waals surface area contributed by atoms with Gasteiger partial charge in [0.05, 0.1) is 5.75 Å². The Balaban J connectivity index is 1.61. The minimum atomic E-state index is -0.0237. The number of hydrogen-bond donors (Lipinski definition) is 1. The maximum absolute atomic E-state index is 11.0. The molecule has 16 heavy (non-hydrogen) atoms. The van der Waals surface area contributed by atoms with Gasteiger partial charge in [0.25, 0.3) is 5.91 Å². The molecule has 0 bridgehead atoms. The number of carbonyl (C=O) groups excluding carboxylic acids is 1. The number of benzene rings is 1. The lowest BCUT2D eigenvalue weighted by atomic mass is 10.1. The first-order valence-corrected chi connectivity index (χ1v) is 6.37. The van der Waals surface area contributed by atoms with E-state index in [4.69, 9.17) is 0 Å². The second-order valence-corrected chi connectivity index (χ2v) is 5.07. The molecule has 3 rings (SSSR count). The van der Waals surface area contributed by atoms with Crippen LogP contribution in [0.4, 0.5) is 0 Å². The number of rotatable bonds is 2. The molecule has 1 saturated carbocycles. The minimum Gasteiger partial charge on any atom is -0.361 e. The van der Waals surface area contributed by atoms with Gasteiger partial charge in [-0.2, -0.15) is 4.99 Å². The molecule has 1 heterocycles. The number of amides is 1. The maximum Gasteiger partial charge on any atom is 0.258 e. The quantitative estimate of drug-likeness (QED) is 0.844. The smallest absolute Gasteiger partial charge is 0.258 e. The maximum atomic E-state index is 11.0. The number of nitrogens with zero attached hydrogens (tertiary/aromatic N) is 1. The largest absolute Gasteiger partial charge is 0.361 e. The lowest BCUT2D eigenvalue weighted by molar-refractivity contribution is -0.115. The number of hydrogen-bond acceptors (Lipinski definition) is 3. The van der Waals surface area contributed by atoms with E-state index in [2.05, 4.69) is 34.6 Å². The van der Waals surface area contributed by atoms with Crippen molar-refractivity contribution in [2.75, 3.05) is 5.75 Å². The molecule has 1 N–H and O–H groups in total. The first-order chi connectivity index (χ1) is 7.83. The third kappa shape index (κ3) is 1.97. The van der Waals surface area contributed by atoms with Crippen LogP contribution in [0, 0.1) is 0 Å². The lowest BCUT2D eigenvalue weighted by Crippen LogP contribution is -2.22. The van der Waals surface area contributed by atoms with Crippen molar-refractivity contribution < 1.29 is 4.79 Å². The minimum absolute atomic E-state index is 0.0237. The summed E-state index contributed by atoms with van der Waals surface area (Å²) in [5.41, 5.74) is 1.37. The second-order valence-electron chi connectivity index (χ2n) is 4.10. The Morgan fingerprint density at radius 2 is 2.12 bits per heavy atom. The molecule has 82 valence electrons. The van der Waals surface area contributed by atoms with Gasteiger partial charge >= 0.3 is 0 Å². The number of nitrogens with one attached hydrogen (secondary N) is 1. The zero-order valence-electron chi connectivity index (χ0n) is 8.72. The molecule has 0 unspecified atom stereocenters. The van der Waals surface area contributed by atoms with E-state index in [1.165, 1.54) is 17.3 Å². The van der Waals surface area contributed by atoms with E-state index in [-0.39, 0.29) is 5.91 Å². The first kappa shape index (κ1) is 9.90. The van der Waals surface area contributed by atoms with E-state index < -0.39 is 0 Å². The second kappa shape index (κ2) is 3.94. The average molecular weight is 232 g/mol. The van der Waals surface area contributed by atoms with E-state index in [9.17, 15) is 4.79 Å². The van der Waals surface area contributed by atoms with E-state index in [1.807, 2.05) is 6.07 Å². The third-order valence-electron chi connectivity index (χ3n) is 2.89. The van der Waals surface area contributed by atoms with Crippen LogP contribution in [0.25, 0.3) is 0 Å². The molecular formula is C12H12N2OS. The van der Waals surface area contributed by atoms with Gasteiger partial charge in [0, 0.05) is 12.0 Å². The van der Waals surface area contributed by atoms with Gasteiger partial charge in [-0.05, 0) is 12.0 Å². The van der Waals surface area contributed by atoms with Crippen LogP contribution in [-0.4, -0.2) is 22.9 Å². The number of aliphatic imine (C=N–C) groups is 1. The predicted octanol–water partition coefficient (Wildman–Crippen LogP) is 1.76. The summed E-state index contributed by atoms with van der Waals surface area (Å²) in [6, 6.07) is 10.9. The molecule has 2 aliphatic rings. The van der Waals surface area contributed by atoms with Crippen LogP contribution >= 0.6 is 11.8 Å². The molecule has 0 saturated heterocycles. The van der Waals surface area contributed by atoms with Crippen molar-refractivity contribution in [3.05, 3.63) is 35.9 Å². The SMILES string of the molecule is O=C1CSC(N[C@H]2C[C@@H]2c2ccccc2)=N1.